The number of benzene rings is 1. The van der Waals surface area contributed by atoms with Gasteiger partial charge in [0.1, 0.15) is 10.8 Å². The van der Waals surface area contributed by atoms with Crippen LogP contribution in [0.15, 0.2) is 23.6 Å². The molecule has 0 spiro atoms. The summed E-state index contributed by atoms with van der Waals surface area (Å²) in [5.41, 5.74) is 9.11. The molecule has 0 saturated heterocycles. The number of thiazole rings is 1. The number of fused-ring (bicyclic) bond motifs is 1. The van der Waals surface area contributed by atoms with Crippen LogP contribution >= 0.6 is 11.3 Å². The van der Waals surface area contributed by atoms with Gasteiger partial charge in [-0.2, -0.15) is 0 Å². The maximum absolute atomic E-state index is 13.4. The van der Waals surface area contributed by atoms with Crippen molar-refractivity contribution in [2.24, 2.45) is 5.73 Å². The first kappa shape index (κ1) is 12.7. The van der Waals surface area contributed by atoms with E-state index >= 15 is 0 Å². The van der Waals surface area contributed by atoms with E-state index in [0.29, 0.717) is 6.54 Å². The van der Waals surface area contributed by atoms with E-state index in [4.69, 9.17) is 5.73 Å². The van der Waals surface area contributed by atoms with E-state index in [-0.39, 0.29) is 11.9 Å². The molecular weight excluding hydrogens is 261 g/mol. The van der Waals surface area contributed by atoms with Crippen molar-refractivity contribution in [3.05, 3.63) is 51.2 Å². The Hall–Kier alpha value is -1.30. The van der Waals surface area contributed by atoms with Crippen LogP contribution in [0.5, 0.6) is 0 Å². The van der Waals surface area contributed by atoms with E-state index in [1.54, 1.807) is 17.4 Å². The van der Waals surface area contributed by atoms with E-state index in [0.717, 1.165) is 29.4 Å². The number of hydrogen-bond donors (Lipinski definition) is 1. The van der Waals surface area contributed by atoms with Gasteiger partial charge in [-0.15, -0.1) is 11.3 Å². The minimum Gasteiger partial charge on any atom is -0.329 e. The van der Waals surface area contributed by atoms with Gasteiger partial charge in [0.25, 0.3) is 0 Å². The fraction of sp³-hybridized carbons (Fsp3) is 0.357. The first-order valence-corrected chi connectivity index (χ1v) is 7.19. The summed E-state index contributed by atoms with van der Waals surface area (Å²) in [6.07, 6.45) is 0. The van der Waals surface area contributed by atoms with E-state index < -0.39 is 0 Å². The Balaban J connectivity index is 1.85. The SMILES string of the molecule is Cc1csc(CN2Cc3ccc(F)cc3C2CN)n1. The Bertz CT molecular complexity index is 596. The van der Waals surface area contributed by atoms with E-state index in [1.165, 1.54) is 11.6 Å². The minimum absolute atomic E-state index is 0.0925. The third kappa shape index (κ3) is 2.41. The number of halogens is 1. The first-order valence-electron chi connectivity index (χ1n) is 6.31. The molecule has 100 valence electrons. The Morgan fingerprint density at radius 2 is 2.37 bits per heavy atom. The number of aromatic nitrogens is 1. The van der Waals surface area contributed by atoms with Crippen molar-refractivity contribution in [3.8, 4) is 0 Å². The van der Waals surface area contributed by atoms with Crippen molar-refractivity contribution in [1.29, 1.82) is 0 Å². The van der Waals surface area contributed by atoms with Crippen molar-refractivity contribution in [3.63, 3.8) is 0 Å². The lowest BCUT2D eigenvalue weighted by Gasteiger charge is -2.22. The second kappa shape index (κ2) is 5.00. The van der Waals surface area contributed by atoms with Crippen LogP contribution in [-0.2, 0) is 13.1 Å². The predicted octanol–water partition coefficient (Wildman–Crippen LogP) is 2.61. The van der Waals surface area contributed by atoms with Gasteiger partial charge >= 0.3 is 0 Å². The number of nitrogens with two attached hydrogens (primary N) is 1. The Labute approximate surface area is 115 Å². The Morgan fingerprint density at radius 1 is 1.53 bits per heavy atom. The van der Waals surface area contributed by atoms with Gasteiger partial charge in [0.05, 0.1) is 6.54 Å². The summed E-state index contributed by atoms with van der Waals surface area (Å²) in [6.45, 7) is 4.09. The lowest BCUT2D eigenvalue weighted by Crippen LogP contribution is -2.27. The van der Waals surface area contributed by atoms with E-state index in [1.807, 2.05) is 13.0 Å². The normalized spacial score (nSPS) is 18.8. The standard InChI is InChI=1S/C14H16FN3S/c1-9-8-19-14(17-9)7-18-6-10-2-3-11(15)4-12(10)13(18)5-16/h2-4,8,13H,5-7,16H2,1H3. The van der Waals surface area contributed by atoms with Crippen LogP contribution in [0.2, 0.25) is 0 Å². The number of rotatable bonds is 3. The third-order valence-corrected chi connectivity index (χ3v) is 4.46. The van der Waals surface area contributed by atoms with Crippen LogP contribution in [0.4, 0.5) is 4.39 Å². The number of aryl methyl sites for hydroxylation is 1. The van der Waals surface area contributed by atoms with Gasteiger partial charge in [-0.05, 0) is 30.2 Å². The van der Waals surface area contributed by atoms with Gasteiger partial charge in [-0.25, -0.2) is 9.37 Å². The molecule has 0 radical (unpaired) electrons. The summed E-state index contributed by atoms with van der Waals surface area (Å²) in [7, 11) is 0. The molecule has 19 heavy (non-hydrogen) atoms. The summed E-state index contributed by atoms with van der Waals surface area (Å²) in [5.74, 6) is -0.191. The predicted molar refractivity (Wildman–Crippen MR) is 74.3 cm³/mol. The molecule has 1 atom stereocenters. The second-order valence-electron chi connectivity index (χ2n) is 4.88. The van der Waals surface area contributed by atoms with Crippen molar-refractivity contribution in [2.75, 3.05) is 6.54 Å². The minimum atomic E-state index is -0.191. The zero-order valence-corrected chi connectivity index (χ0v) is 11.6. The highest BCUT2D eigenvalue weighted by Gasteiger charge is 2.29. The molecule has 5 heteroatoms. The van der Waals surface area contributed by atoms with Gasteiger partial charge in [0, 0.05) is 30.2 Å². The maximum Gasteiger partial charge on any atom is 0.123 e. The van der Waals surface area contributed by atoms with Crippen LogP contribution in [-0.4, -0.2) is 16.4 Å². The van der Waals surface area contributed by atoms with Crippen LogP contribution in [0.1, 0.15) is 27.9 Å². The van der Waals surface area contributed by atoms with Gasteiger partial charge in [-0.3, -0.25) is 4.90 Å². The van der Waals surface area contributed by atoms with Gasteiger partial charge in [-0.1, -0.05) is 6.07 Å². The average Bonchev–Trinajstić information content (AvgIpc) is 2.93. The van der Waals surface area contributed by atoms with Crippen molar-refractivity contribution in [1.82, 2.24) is 9.88 Å². The van der Waals surface area contributed by atoms with Gasteiger partial charge in [0.2, 0.25) is 0 Å². The summed E-state index contributed by atoms with van der Waals surface area (Å²) >= 11 is 1.66. The fourth-order valence-corrected chi connectivity index (χ4v) is 3.43. The molecule has 1 aliphatic rings. The smallest absolute Gasteiger partial charge is 0.123 e. The lowest BCUT2D eigenvalue weighted by molar-refractivity contribution is 0.210. The molecular formula is C14H16FN3S. The molecule has 0 amide bonds. The molecule has 3 rings (SSSR count). The molecule has 1 unspecified atom stereocenters. The molecule has 0 fully saturated rings. The molecule has 2 heterocycles. The highest BCUT2D eigenvalue weighted by Crippen LogP contribution is 2.34. The van der Waals surface area contributed by atoms with Gasteiger partial charge < -0.3 is 5.73 Å². The summed E-state index contributed by atoms with van der Waals surface area (Å²) in [5, 5.41) is 3.14. The van der Waals surface area contributed by atoms with E-state index in [2.05, 4.69) is 15.3 Å². The molecule has 0 bridgehead atoms. The number of hydrogen-bond acceptors (Lipinski definition) is 4. The molecule has 0 aliphatic carbocycles. The monoisotopic (exact) mass is 277 g/mol. The molecule has 0 saturated carbocycles. The molecule has 1 aromatic heterocycles. The maximum atomic E-state index is 13.4. The van der Waals surface area contributed by atoms with E-state index in [9.17, 15) is 4.39 Å². The lowest BCUT2D eigenvalue weighted by atomic mass is 10.0. The summed E-state index contributed by atoms with van der Waals surface area (Å²) < 4.78 is 13.4. The zero-order chi connectivity index (χ0) is 13.4. The highest BCUT2D eigenvalue weighted by atomic mass is 32.1. The molecule has 2 aromatic rings. The van der Waals surface area contributed by atoms with Crippen LogP contribution < -0.4 is 5.73 Å². The average molecular weight is 277 g/mol. The topological polar surface area (TPSA) is 42.1 Å². The van der Waals surface area contributed by atoms with Gasteiger partial charge in [0.15, 0.2) is 0 Å². The second-order valence-corrected chi connectivity index (χ2v) is 5.82. The van der Waals surface area contributed by atoms with Crippen LogP contribution in [0, 0.1) is 12.7 Å². The van der Waals surface area contributed by atoms with Crippen molar-refractivity contribution < 1.29 is 4.39 Å². The Kier molecular flexibility index (Phi) is 3.35. The highest BCUT2D eigenvalue weighted by molar-refractivity contribution is 7.09. The Morgan fingerprint density at radius 3 is 3.05 bits per heavy atom. The number of nitrogens with zero attached hydrogens (tertiary/aromatic N) is 2. The largest absolute Gasteiger partial charge is 0.329 e. The summed E-state index contributed by atoms with van der Waals surface area (Å²) in [6, 6.07) is 5.08. The first-order chi connectivity index (χ1) is 9.17. The van der Waals surface area contributed by atoms with Crippen LogP contribution in [0.25, 0.3) is 0 Å². The summed E-state index contributed by atoms with van der Waals surface area (Å²) in [4.78, 5) is 6.75. The molecule has 3 nitrogen and oxygen atoms in total. The zero-order valence-electron chi connectivity index (χ0n) is 10.8. The van der Waals surface area contributed by atoms with Crippen molar-refractivity contribution >= 4 is 11.3 Å². The fourth-order valence-electron chi connectivity index (χ4n) is 2.64. The molecule has 1 aromatic carbocycles. The molecule has 1 aliphatic heterocycles. The van der Waals surface area contributed by atoms with Crippen molar-refractivity contribution in [2.45, 2.75) is 26.1 Å². The third-order valence-electron chi connectivity index (χ3n) is 3.51. The quantitative estimate of drug-likeness (QED) is 0.937. The van der Waals surface area contributed by atoms with Crippen LogP contribution in [0.3, 0.4) is 0 Å². The molecule has 2 N–H and O–H groups in total.